The monoisotopic (exact) mass is 494 g/mol. The third kappa shape index (κ3) is 32.3. The smallest absolute Gasteiger partial charge is 0.418 e. The third-order valence-electron chi connectivity index (χ3n) is 3.94. The third-order valence-corrected chi connectivity index (χ3v) is 3.94. The maximum Gasteiger partial charge on any atom is 0.673 e. The molecule has 0 N–H and O–H groups in total. The molecule has 0 aromatic carbocycles. The van der Waals surface area contributed by atoms with Crippen LogP contribution in [0.1, 0.15) is 58.8 Å². The van der Waals surface area contributed by atoms with Crippen LogP contribution in [0.3, 0.4) is 0 Å². The number of aryl methyl sites for hydroxylation is 4. The lowest BCUT2D eigenvalue weighted by molar-refractivity contribution is -0.671. The number of halogens is 8. The molecule has 4 nitrogen and oxygen atoms in total. The van der Waals surface area contributed by atoms with Gasteiger partial charge in [-0.15, -0.1) is 0 Å². The predicted octanol–water partition coefficient (Wildman–Crippen LogP) is 6.00. The molecule has 0 saturated heterocycles. The lowest BCUT2D eigenvalue weighted by Crippen LogP contribution is -2.23. The largest absolute Gasteiger partial charge is 0.673 e. The van der Waals surface area contributed by atoms with Crippen molar-refractivity contribution in [1.29, 1.82) is 0 Å². The lowest BCUT2D eigenvalue weighted by atomic mass is 10.2. The van der Waals surface area contributed by atoms with Gasteiger partial charge in [0.1, 0.15) is 24.8 Å². The first-order chi connectivity index (χ1) is 15.2. The van der Waals surface area contributed by atoms with Crippen molar-refractivity contribution >= 4 is 14.5 Å². The van der Waals surface area contributed by atoms with Crippen LogP contribution in [0.5, 0.6) is 0 Å². The zero-order chi connectivity index (χ0) is 25.9. The SMILES string of the molecule is CCCCCCn1cc[n+](C)c1.CCCCCn1cc[n+](C)c1.F[B-](F)(F)F.F[B-](F)(F)F. The van der Waals surface area contributed by atoms with Crippen LogP contribution in [-0.4, -0.2) is 23.6 Å². The van der Waals surface area contributed by atoms with Crippen molar-refractivity contribution in [3.05, 3.63) is 37.4 Å². The quantitative estimate of drug-likeness (QED) is 0.176. The van der Waals surface area contributed by atoms with Gasteiger partial charge in [-0.2, -0.15) is 0 Å². The van der Waals surface area contributed by atoms with E-state index in [1.54, 1.807) is 0 Å². The highest BCUT2D eigenvalue weighted by Crippen LogP contribution is 2.07. The molecular formula is C19H36B2F8N4. The van der Waals surface area contributed by atoms with Gasteiger partial charge in [-0.3, -0.25) is 0 Å². The topological polar surface area (TPSA) is 17.6 Å². The number of hydrogen-bond donors (Lipinski definition) is 0. The molecule has 0 unspecified atom stereocenters. The lowest BCUT2D eigenvalue weighted by Gasteiger charge is -1.95. The maximum atomic E-state index is 9.75. The van der Waals surface area contributed by atoms with Gasteiger partial charge in [-0.05, 0) is 25.7 Å². The van der Waals surface area contributed by atoms with Gasteiger partial charge in [0, 0.05) is 0 Å². The minimum Gasteiger partial charge on any atom is -0.418 e. The van der Waals surface area contributed by atoms with Crippen molar-refractivity contribution in [3.63, 3.8) is 0 Å². The first-order valence-electron chi connectivity index (χ1n) is 10.9. The molecule has 2 aromatic heterocycles. The van der Waals surface area contributed by atoms with Gasteiger partial charge in [0.05, 0.1) is 27.2 Å². The van der Waals surface area contributed by atoms with E-state index in [0.29, 0.717) is 0 Å². The van der Waals surface area contributed by atoms with Gasteiger partial charge in [0.25, 0.3) is 0 Å². The molecule has 0 aliphatic heterocycles. The summed E-state index contributed by atoms with van der Waals surface area (Å²) in [7, 11) is -7.89. The van der Waals surface area contributed by atoms with Crippen molar-refractivity contribution in [3.8, 4) is 0 Å². The van der Waals surface area contributed by atoms with Gasteiger partial charge < -0.3 is 34.5 Å². The zero-order valence-electron chi connectivity index (χ0n) is 19.8. The van der Waals surface area contributed by atoms with Crippen LogP contribution in [0.25, 0.3) is 0 Å². The van der Waals surface area contributed by atoms with Gasteiger partial charge in [-0.25, -0.2) is 18.3 Å². The van der Waals surface area contributed by atoms with Crippen LogP contribution < -0.4 is 9.13 Å². The summed E-state index contributed by atoms with van der Waals surface area (Å²) in [5.74, 6) is 0. The first kappa shape index (κ1) is 33.2. The molecule has 2 heterocycles. The molecule has 2 aromatic rings. The van der Waals surface area contributed by atoms with Crippen LogP contribution >= 0.6 is 0 Å². The van der Waals surface area contributed by atoms with Crippen LogP contribution in [0.2, 0.25) is 0 Å². The Hall–Kier alpha value is -2.01. The van der Waals surface area contributed by atoms with Gasteiger partial charge in [0.15, 0.2) is 0 Å². The molecule has 0 radical (unpaired) electrons. The summed E-state index contributed by atoms with van der Waals surface area (Å²) in [6.07, 6.45) is 21.9. The number of rotatable bonds is 9. The van der Waals surface area contributed by atoms with Crippen molar-refractivity contribution < 1.29 is 43.7 Å². The summed E-state index contributed by atoms with van der Waals surface area (Å²) in [4.78, 5) is 0. The summed E-state index contributed by atoms with van der Waals surface area (Å²) < 4.78 is 86.6. The average Bonchev–Trinajstić information content (AvgIpc) is 3.25. The number of hydrogen-bond acceptors (Lipinski definition) is 0. The Balaban J connectivity index is 0. The fourth-order valence-corrected chi connectivity index (χ4v) is 2.53. The van der Waals surface area contributed by atoms with E-state index in [4.69, 9.17) is 0 Å². The van der Waals surface area contributed by atoms with E-state index in [1.807, 2.05) is 0 Å². The van der Waals surface area contributed by atoms with Crippen LogP contribution in [-0.2, 0) is 27.2 Å². The Bertz CT molecular complexity index is 679. The average molecular weight is 494 g/mol. The Labute approximate surface area is 191 Å². The summed E-state index contributed by atoms with van der Waals surface area (Å²) in [6.45, 7) is 6.81. The Morgan fingerprint density at radius 2 is 0.879 bits per heavy atom. The van der Waals surface area contributed by atoms with E-state index in [9.17, 15) is 34.5 Å². The second-order valence-corrected chi connectivity index (χ2v) is 7.39. The van der Waals surface area contributed by atoms with E-state index in [0.717, 1.165) is 6.54 Å². The van der Waals surface area contributed by atoms with E-state index in [2.05, 4.69) is 83.7 Å². The molecular weight excluding hydrogens is 458 g/mol. The second kappa shape index (κ2) is 18.4. The first-order valence-corrected chi connectivity index (χ1v) is 10.9. The molecule has 0 atom stereocenters. The number of aromatic nitrogens is 4. The minimum absolute atomic E-state index is 1.16. The van der Waals surface area contributed by atoms with E-state index < -0.39 is 14.5 Å². The number of unbranched alkanes of at least 4 members (excludes halogenated alkanes) is 5. The summed E-state index contributed by atoms with van der Waals surface area (Å²) in [5.41, 5.74) is 0. The second-order valence-electron chi connectivity index (χ2n) is 7.39. The van der Waals surface area contributed by atoms with Gasteiger partial charge in [-0.1, -0.05) is 33.1 Å². The van der Waals surface area contributed by atoms with Gasteiger partial charge >= 0.3 is 14.5 Å². The molecule has 33 heavy (non-hydrogen) atoms. The number of imidazole rings is 2. The molecule has 0 spiro atoms. The summed E-state index contributed by atoms with van der Waals surface area (Å²) in [5, 5.41) is 0. The Kier molecular flexibility index (Phi) is 18.5. The maximum absolute atomic E-state index is 9.75. The molecule has 0 bridgehead atoms. The normalized spacial score (nSPS) is 10.9. The molecule has 14 heteroatoms. The van der Waals surface area contributed by atoms with Crippen LogP contribution in [0.4, 0.5) is 34.5 Å². The van der Waals surface area contributed by atoms with Crippen molar-refractivity contribution in [2.24, 2.45) is 14.1 Å². The van der Waals surface area contributed by atoms with Crippen molar-refractivity contribution in [2.45, 2.75) is 71.9 Å². The van der Waals surface area contributed by atoms with E-state index in [-0.39, 0.29) is 0 Å². The fraction of sp³-hybridized carbons (Fsp3) is 0.684. The van der Waals surface area contributed by atoms with E-state index in [1.165, 1.54) is 51.5 Å². The van der Waals surface area contributed by atoms with Crippen LogP contribution in [0.15, 0.2) is 37.4 Å². The van der Waals surface area contributed by atoms with Crippen LogP contribution in [0, 0.1) is 0 Å². The predicted molar refractivity (Wildman–Crippen MR) is 115 cm³/mol. The van der Waals surface area contributed by atoms with Gasteiger partial charge in [0.2, 0.25) is 12.7 Å². The Morgan fingerprint density at radius 1 is 0.576 bits per heavy atom. The standard InChI is InChI=1S/C10H19N2.C9H17N2.2BF4/c1-3-4-5-6-7-12-9-8-11(2)10-12;1-3-4-5-6-11-8-7-10(2)9-11;2*2-1(3,4)5/h8-10H,3-7H2,1-2H3;7-9H,3-6H2,1-2H3;;/q2*+1;2*-1. The Morgan fingerprint density at radius 3 is 1.15 bits per heavy atom. The molecule has 0 fully saturated rings. The summed E-state index contributed by atoms with van der Waals surface area (Å²) >= 11 is 0. The fourth-order valence-electron chi connectivity index (χ4n) is 2.53. The van der Waals surface area contributed by atoms with Crippen molar-refractivity contribution in [1.82, 2.24) is 9.13 Å². The van der Waals surface area contributed by atoms with Crippen molar-refractivity contribution in [2.75, 3.05) is 0 Å². The minimum atomic E-state index is -6.00. The molecule has 2 rings (SSSR count). The summed E-state index contributed by atoms with van der Waals surface area (Å²) in [6, 6.07) is 0. The molecule has 194 valence electrons. The highest BCUT2D eigenvalue weighted by Gasteiger charge is 2.21. The molecule has 0 amide bonds. The zero-order valence-corrected chi connectivity index (χ0v) is 19.8. The number of nitrogens with zero attached hydrogens (tertiary/aromatic N) is 4. The molecule has 0 aliphatic carbocycles. The van der Waals surface area contributed by atoms with E-state index >= 15 is 0 Å². The highest BCUT2D eigenvalue weighted by atomic mass is 19.5. The highest BCUT2D eigenvalue weighted by molar-refractivity contribution is 6.50. The molecule has 0 saturated carbocycles. The molecule has 0 aliphatic rings.